The Morgan fingerprint density at radius 3 is 2.61 bits per heavy atom. The van der Waals surface area contributed by atoms with Crippen LogP contribution in [0.4, 0.5) is 5.82 Å². The largest absolute Gasteiger partial charge is 0.275 e. The van der Waals surface area contributed by atoms with Crippen LogP contribution in [0, 0.1) is 0 Å². The summed E-state index contributed by atoms with van der Waals surface area (Å²) in [6.45, 7) is 2.54. The molecule has 1 N–H and O–H groups in total. The second-order valence-corrected chi connectivity index (χ2v) is 4.12. The van der Waals surface area contributed by atoms with Gasteiger partial charge in [-0.2, -0.15) is 0 Å². The summed E-state index contributed by atoms with van der Waals surface area (Å²) in [6.07, 6.45) is 1.79. The van der Waals surface area contributed by atoms with E-state index < -0.39 is 0 Å². The predicted octanol–water partition coefficient (Wildman–Crippen LogP) is 3.75. The highest BCUT2D eigenvalue weighted by molar-refractivity contribution is 6.02. The Morgan fingerprint density at radius 2 is 1.83 bits per heavy atom. The van der Waals surface area contributed by atoms with E-state index >= 15 is 0 Å². The van der Waals surface area contributed by atoms with E-state index in [0.29, 0.717) is 6.61 Å². The summed E-state index contributed by atoms with van der Waals surface area (Å²) in [5.41, 5.74) is 2.89. The smallest absolute Gasteiger partial charge is 0.157 e. The van der Waals surface area contributed by atoms with E-state index in [4.69, 9.17) is 4.84 Å². The molecule has 3 heteroatoms. The number of aromatic nitrogens is 1. The highest BCUT2D eigenvalue weighted by atomic mass is 16.6. The minimum atomic E-state index is 0.603. The van der Waals surface area contributed by atoms with Gasteiger partial charge in [-0.05, 0) is 41.3 Å². The van der Waals surface area contributed by atoms with Gasteiger partial charge in [0.25, 0.3) is 0 Å². The molecule has 0 unspecified atom stereocenters. The molecule has 3 aromatic rings. The van der Waals surface area contributed by atoms with Crippen molar-refractivity contribution in [1.29, 1.82) is 0 Å². The molecule has 3 rings (SSSR count). The lowest BCUT2D eigenvalue weighted by Crippen LogP contribution is -2.02. The minimum Gasteiger partial charge on any atom is -0.275 e. The first-order valence-electron chi connectivity index (χ1n) is 6.04. The number of anilines is 1. The van der Waals surface area contributed by atoms with Gasteiger partial charge < -0.3 is 0 Å². The average molecular weight is 238 g/mol. The molecular weight excluding hydrogens is 224 g/mol. The molecule has 0 aliphatic heterocycles. The standard InChI is InChI=1S/C15H14N2O/c1-2-18-17-15-14-10-12-6-4-3-5-11(12)9-13(14)7-8-16-15/h3-10H,2H2,1H3,(H,16,17). The molecule has 0 atom stereocenters. The Labute approximate surface area is 105 Å². The lowest BCUT2D eigenvalue weighted by atomic mass is 10.0. The molecule has 1 heterocycles. The Morgan fingerprint density at radius 1 is 1.06 bits per heavy atom. The Balaban J connectivity index is 2.22. The molecule has 0 fully saturated rings. The molecule has 0 bridgehead atoms. The van der Waals surface area contributed by atoms with Crippen molar-refractivity contribution in [1.82, 2.24) is 4.98 Å². The molecule has 0 saturated carbocycles. The molecule has 0 amide bonds. The van der Waals surface area contributed by atoms with Gasteiger partial charge in [-0.3, -0.25) is 4.84 Å². The summed E-state index contributed by atoms with van der Waals surface area (Å²) in [7, 11) is 0. The maximum Gasteiger partial charge on any atom is 0.157 e. The van der Waals surface area contributed by atoms with Gasteiger partial charge in [0, 0.05) is 11.6 Å². The quantitative estimate of drug-likeness (QED) is 0.557. The molecule has 0 spiro atoms. The SMILES string of the molecule is CCONc1nccc2cc3ccccc3cc12. The van der Waals surface area contributed by atoms with Crippen LogP contribution in [0.15, 0.2) is 48.7 Å². The number of rotatable bonds is 3. The highest BCUT2D eigenvalue weighted by Gasteiger charge is 2.03. The van der Waals surface area contributed by atoms with Gasteiger partial charge in [0.2, 0.25) is 0 Å². The van der Waals surface area contributed by atoms with Crippen molar-refractivity contribution in [3.63, 3.8) is 0 Å². The molecule has 3 nitrogen and oxygen atoms in total. The Kier molecular flexibility index (Phi) is 2.82. The van der Waals surface area contributed by atoms with E-state index in [1.165, 1.54) is 10.8 Å². The van der Waals surface area contributed by atoms with E-state index in [-0.39, 0.29) is 0 Å². The van der Waals surface area contributed by atoms with Crippen LogP contribution in [0.3, 0.4) is 0 Å². The van der Waals surface area contributed by atoms with Crippen molar-refractivity contribution in [3.05, 3.63) is 48.7 Å². The maximum absolute atomic E-state index is 5.23. The number of pyridine rings is 1. The van der Waals surface area contributed by atoms with Crippen LogP contribution >= 0.6 is 0 Å². The minimum absolute atomic E-state index is 0.603. The summed E-state index contributed by atoms with van der Waals surface area (Å²) in [5.74, 6) is 0.764. The van der Waals surface area contributed by atoms with E-state index in [9.17, 15) is 0 Å². The lowest BCUT2D eigenvalue weighted by molar-refractivity contribution is 0.209. The van der Waals surface area contributed by atoms with Crippen molar-refractivity contribution in [2.45, 2.75) is 6.92 Å². The molecule has 90 valence electrons. The Bertz CT molecular complexity index is 694. The summed E-state index contributed by atoms with van der Waals surface area (Å²) in [5, 5.41) is 4.67. The van der Waals surface area contributed by atoms with Gasteiger partial charge in [-0.1, -0.05) is 24.3 Å². The first-order chi connectivity index (χ1) is 8.88. The van der Waals surface area contributed by atoms with Crippen molar-refractivity contribution in [2.75, 3.05) is 12.1 Å². The van der Waals surface area contributed by atoms with E-state index in [2.05, 4.69) is 40.8 Å². The lowest BCUT2D eigenvalue weighted by Gasteiger charge is -2.08. The third kappa shape index (κ3) is 1.89. The molecule has 1 aromatic heterocycles. The highest BCUT2D eigenvalue weighted by Crippen LogP contribution is 2.26. The predicted molar refractivity (Wildman–Crippen MR) is 74.5 cm³/mol. The molecule has 18 heavy (non-hydrogen) atoms. The number of fused-ring (bicyclic) bond motifs is 2. The van der Waals surface area contributed by atoms with Gasteiger partial charge in [-0.15, -0.1) is 0 Å². The van der Waals surface area contributed by atoms with Crippen LogP contribution < -0.4 is 5.48 Å². The number of hydrogen-bond donors (Lipinski definition) is 1. The van der Waals surface area contributed by atoms with Crippen LogP contribution in [-0.4, -0.2) is 11.6 Å². The van der Waals surface area contributed by atoms with Crippen LogP contribution in [0.25, 0.3) is 21.5 Å². The second kappa shape index (κ2) is 4.63. The maximum atomic E-state index is 5.23. The van der Waals surface area contributed by atoms with Crippen molar-refractivity contribution in [2.24, 2.45) is 0 Å². The number of hydrogen-bond acceptors (Lipinski definition) is 3. The summed E-state index contributed by atoms with van der Waals surface area (Å²) in [6, 6.07) is 14.6. The number of nitrogens with zero attached hydrogens (tertiary/aromatic N) is 1. The van der Waals surface area contributed by atoms with Gasteiger partial charge in [0.15, 0.2) is 5.82 Å². The molecule has 0 saturated heterocycles. The van der Waals surface area contributed by atoms with Gasteiger partial charge >= 0.3 is 0 Å². The number of nitrogens with one attached hydrogen (secondary N) is 1. The van der Waals surface area contributed by atoms with Crippen LogP contribution in [-0.2, 0) is 4.84 Å². The van der Waals surface area contributed by atoms with Gasteiger partial charge in [-0.25, -0.2) is 10.5 Å². The van der Waals surface area contributed by atoms with Gasteiger partial charge in [0.05, 0.1) is 6.61 Å². The van der Waals surface area contributed by atoms with Gasteiger partial charge in [0.1, 0.15) is 0 Å². The monoisotopic (exact) mass is 238 g/mol. The fourth-order valence-corrected chi connectivity index (χ4v) is 2.08. The fraction of sp³-hybridized carbons (Fsp3) is 0.133. The normalized spacial score (nSPS) is 10.9. The second-order valence-electron chi connectivity index (χ2n) is 4.12. The summed E-state index contributed by atoms with van der Waals surface area (Å²) < 4.78 is 0. The van der Waals surface area contributed by atoms with Crippen molar-refractivity contribution >= 4 is 27.4 Å². The molecule has 0 aliphatic carbocycles. The van der Waals surface area contributed by atoms with Crippen molar-refractivity contribution in [3.8, 4) is 0 Å². The molecule has 2 aromatic carbocycles. The zero-order valence-corrected chi connectivity index (χ0v) is 10.2. The van der Waals surface area contributed by atoms with Crippen LogP contribution in [0.1, 0.15) is 6.92 Å². The van der Waals surface area contributed by atoms with E-state index in [1.54, 1.807) is 6.20 Å². The first-order valence-corrected chi connectivity index (χ1v) is 6.04. The zero-order valence-electron chi connectivity index (χ0n) is 10.2. The summed E-state index contributed by atoms with van der Waals surface area (Å²) >= 11 is 0. The topological polar surface area (TPSA) is 34.1 Å². The van der Waals surface area contributed by atoms with Crippen LogP contribution in [0.2, 0.25) is 0 Å². The molecule has 0 aliphatic rings. The third-order valence-corrected chi connectivity index (χ3v) is 2.94. The zero-order chi connectivity index (χ0) is 12.4. The first kappa shape index (κ1) is 11.0. The van der Waals surface area contributed by atoms with Crippen LogP contribution in [0.5, 0.6) is 0 Å². The molecule has 0 radical (unpaired) electrons. The third-order valence-electron chi connectivity index (χ3n) is 2.94. The molecular formula is C15H14N2O. The van der Waals surface area contributed by atoms with E-state index in [0.717, 1.165) is 16.6 Å². The number of benzene rings is 2. The average Bonchev–Trinajstić information content (AvgIpc) is 2.43. The fourth-order valence-electron chi connectivity index (χ4n) is 2.08. The summed E-state index contributed by atoms with van der Waals surface area (Å²) in [4.78, 5) is 9.54. The Hall–Kier alpha value is -2.13. The van der Waals surface area contributed by atoms with E-state index in [1.807, 2.05) is 19.1 Å². The van der Waals surface area contributed by atoms with Crippen molar-refractivity contribution < 1.29 is 4.84 Å².